The standard InChI is InChI=1S/C21H30ClN3O3/c1-16(2)20(25-9-5-8-19(25)26)21(27)24-12-10-23(11-13-24)14-15-28-18-7-4-3-6-17(18)22/h3-4,6-7,16,20H,5,8-15H2,1-2H3. The number of carbonyl (C=O) groups excluding carboxylic acids is 2. The second-order valence-electron chi connectivity index (χ2n) is 7.83. The number of nitrogens with zero attached hydrogens (tertiary/aromatic N) is 3. The summed E-state index contributed by atoms with van der Waals surface area (Å²) in [6.45, 7) is 9.12. The fraction of sp³-hybridized carbons (Fsp3) is 0.619. The fourth-order valence-electron chi connectivity index (χ4n) is 3.97. The van der Waals surface area contributed by atoms with E-state index in [2.05, 4.69) is 4.90 Å². The molecule has 0 spiro atoms. The van der Waals surface area contributed by atoms with Crippen LogP contribution in [-0.2, 0) is 9.59 Å². The predicted molar refractivity (Wildman–Crippen MR) is 110 cm³/mol. The molecule has 2 saturated heterocycles. The maximum Gasteiger partial charge on any atom is 0.245 e. The molecule has 0 N–H and O–H groups in total. The highest BCUT2D eigenvalue weighted by Crippen LogP contribution is 2.23. The Morgan fingerprint density at radius 3 is 2.46 bits per heavy atom. The summed E-state index contributed by atoms with van der Waals surface area (Å²) in [6.07, 6.45) is 1.42. The first kappa shape index (κ1) is 20.9. The van der Waals surface area contributed by atoms with Crippen molar-refractivity contribution in [3.05, 3.63) is 29.3 Å². The number of benzene rings is 1. The average molecular weight is 408 g/mol. The van der Waals surface area contributed by atoms with Crippen LogP contribution in [0.5, 0.6) is 5.75 Å². The lowest BCUT2D eigenvalue weighted by molar-refractivity contribution is -0.146. The summed E-state index contributed by atoms with van der Waals surface area (Å²) in [5.74, 6) is 1.03. The third kappa shape index (κ3) is 4.97. The molecular formula is C21H30ClN3O3. The van der Waals surface area contributed by atoms with E-state index in [1.807, 2.05) is 43.0 Å². The number of rotatable bonds is 7. The highest BCUT2D eigenvalue weighted by molar-refractivity contribution is 6.32. The lowest BCUT2D eigenvalue weighted by Crippen LogP contribution is -2.57. The zero-order chi connectivity index (χ0) is 20.1. The van der Waals surface area contributed by atoms with Crippen molar-refractivity contribution in [3.63, 3.8) is 0 Å². The number of ether oxygens (including phenoxy) is 1. The SMILES string of the molecule is CC(C)C(C(=O)N1CCN(CCOc2ccccc2Cl)CC1)N1CCCC1=O. The third-order valence-corrected chi connectivity index (χ3v) is 5.83. The first-order valence-electron chi connectivity index (χ1n) is 10.2. The molecule has 0 aliphatic carbocycles. The molecule has 154 valence electrons. The van der Waals surface area contributed by atoms with E-state index in [0.29, 0.717) is 43.4 Å². The Hall–Kier alpha value is -1.79. The van der Waals surface area contributed by atoms with Crippen LogP contribution in [0.15, 0.2) is 24.3 Å². The van der Waals surface area contributed by atoms with Crippen LogP contribution < -0.4 is 4.74 Å². The van der Waals surface area contributed by atoms with E-state index in [1.165, 1.54) is 0 Å². The maximum absolute atomic E-state index is 13.1. The van der Waals surface area contributed by atoms with Crippen LogP contribution in [0.2, 0.25) is 5.02 Å². The molecule has 2 heterocycles. The molecule has 1 aromatic carbocycles. The van der Waals surface area contributed by atoms with Crippen molar-refractivity contribution in [2.45, 2.75) is 32.7 Å². The van der Waals surface area contributed by atoms with Gasteiger partial charge in [-0.05, 0) is 24.5 Å². The van der Waals surface area contributed by atoms with Crippen LogP contribution in [0.4, 0.5) is 0 Å². The molecule has 0 radical (unpaired) electrons. The van der Waals surface area contributed by atoms with Gasteiger partial charge in [0.05, 0.1) is 5.02 Å². The monoisotopic (exact) mass is 407 g/mol. The number of carbonyl (C=O) groups is 2. The van der Waals surface area contributed by atoms with E-state index in [0.717, 1.165) is 26.1 Å². The zero-order valence-corrected chi connectivity index (χ0v) is 17.5. The molecule has 0 aromatic heterocycles. The van der Waals surface area contributed by atoms with Crippen molar-refractivity contribution in [3.8, 4) is 5.75 Å². The Labute approximate surface area is 172 Å². The zero-order valence-electron chi connectivity index (χ0n) is 16.8. The summed E-state index contributed by atoms with van der Waals surface area (Å²) in [7, 11) is 0. The number of likely N-dealkylation sites (tertiary alicyclic amines) is 1. The molecule has 0 saturated carbocycles. The van der Waals surface area contributed by atoms with E-state index in [9.17, 15) is 9.59 Å². The number of piperazine rings is 1. The first-order chi connectivity index (χ1) is 13.5. The van der Waals surface area contributed by atoms with E-state index < -0.39 is 0 Å². The van der Waals surface area contributed by atoms with Gasteiger partial charge in [0.25, 0.3) is 0 Å². The van der Waals surface area contributed by atoms with Gasteiger partial charge in [-0.25, -0.2) is 0 Å². The highest BCUT2D eigenvalue weighted by atomic mass is 35.5. The van der Waals surface area contributed by atoms with Gasteiger partial charge in [0.2, 0.25) is 11.8 Å². The van der Waals surface area contributed by atoms with E-state index >= 15 is 0 Å². The Balaban J connectivity index is 1.46. The molecule has 1 atom stereocenters. The summed E-state index contributed by atoms with van der Waals surface area (Å²) in [5.41, 5.74) is 0. The normalized spacial score (nSPS) is 19.4. The van der Waals surface area contributed by atoms with Crippen LogP contribution >= 0.6 is 11.6 Å². The van der Waals surface area contributed by atoms with Crippen molar-refractivity contribution >= 4 is 23.4 Å². The van der Waals surface area contributed by atoms with Gasteiger partial charge in [-0.2, -0.15) is 0 Å². The van der Waals surface area contributed by atoms with Gasteiger partial charge in [-0.3, -0.25) is 14.5 Å². The summed E-state index contributed by atoms with van der Waals surface area (Å²) < 4.78 is 5.76. The summed E-state index contributed by atoms with van der Waals surface area (Å²) >= 11 is 6.11. The Morgan fingerprint density at radius 2 is 1.86 bits per heavy atom. The Morgan fingerprint density at radius 1 is 1.14 bits per heavy atom. The molecule has 0 bridgehead atoms. The van der Waals surface area contributed by atoms with E-state index in [-0.39, 0.29) is 23.8 Å². The van der Waals surface area contributed by atoms with Crippen LogP contribution in [0.1, 0.15) is 26.7 Å². The molecular weight excluding hydrogens is 378 g/mol. The predicted octanol–water partition coefficient (Wildman–Crippen LogP) is 2.51. The minimum atomic E-state index is -0.329. The molecule has 2 amide bonds. The maximum atomic E-state index is 13.1. The average Bonchev–Trinajstić information content (AvgIpc) is 3.09. The summed E-state index contributed by atoms with van der Waals surface area (Å²) in [4.78, 5) is 31.2. The van der Waals surface area contributed by atoms with Crippen molar-refractivity contribution in [1.29, 1.82) is 0 Å². The van der Waals surface area contributed by atoms with Crippen molar-refractivity contribution in [2.24, 2.45) is 5.92 Å². The van der Waals surface area contributed by atoms with E-state index in [1.54, 1.807) is 4.90 Å². The smallest absolute Gasteiger partial charge is 0.245 e. The van der Waals surface area contributed by atoms with E-state index in [4.69, 9.17) is 16.3 Å². The summed E-state index contributed by atoms with van der Waals surface area (Å²) in [5, 5.41) is 0.620. The molecule has 7 heteroatoms. The fourth-order valence-corrected chi connectivity index (χ4v) is 4.16. The highest BCUT2D eigenvalue weighted by Gasteiger charge is 2.37. The van der Waals surface area contributed by atoms with Crippen LogP contribution in [0, 0.1) is 5.92 Å². The molecule has 3 rings (SSSR count). The minimum Gasteiger partial charge on any atom is -0.491 e. The lowest BCUT2D eigenvalue weighted by atomic mass is 10.0. The van der Waals surface area contributed by atoms with Crippen LogP contribution in [-0.4, -0.2) is 78.4 Å². The topological polar surface area (TPSA) is 53.1 Å². The van der Waals surface area contributed by atoms with Gasteiger partial charge >= 0.3 is 0 Å². The van der Waals surface area contributed by atoms with Crippen molar-refractivity contribution in [2.75, 3.05) is 45.9 Å². The van der Waals surface area contributed by atoms with Gasteiger partial charge < -0.3 is 14.5 Å². The summed E-state index contributed by atoms with van der Waals surface area (Å²) in [6, 6.07) is 7.14. The number of amides is 2. The number of halogens is 1. The van der Waals surface area contributed by atoms with Gasteiger partial charge in [-0.1, -0.05) is 37.6 Å². The molecule has 6 nitrogen and oxygen atoms in total. The van der Waals surface area contributed by atoms with Gasteiger partial charge in [0, 0.05) is 45.7 Å². The largest absolute Gasteiger partial charge is 0.491 e. The van der Waals surface area contributed by atoms with Gasteiger partial charge in [0.1, 0.15) is 18.4 Å². The number of hydrogen-bond acceptors (Lipinski definition) is 4. The van der Waals surface area contributed by atoms with Crippen molar-refractivity contribution in [1.82, 2.24) is 14.7 Å². The molecule has 2 aliphatic heterocycles. The molecule has 1 unspecified atom stereocenters. The molecule has 28 heavy (non-hydrogen) atoms. The Bertz CT molecular complexity index is 689. The second kappa shape index (κ2) is 9.61. The lowest BCUT2D eigenvalue weighted by Gasteiger charge is -2.39. The van der Waals surface area contributed by atoms with Crippen LogP contribution in [0.3, 0.4) is 0 Å². The third-order valence-electron chi connectivity index (χ3n) is 5.52. The molecule has 1 aromatic rings. The number of para-hydroxylation sites is 1. The number of hydrogen-bond donors (Lipinski definition) is 0. The molecule has 2 fully saturated rings. The quantitative estimate of drug-likeness (QED) is 0.697. The van der Waals surface area contributed by atoms with Gasteiger partial charge in [-0.15, -0.1) is 0 Å². The van der Waals surface area contributed by atoms with Crippen molar-refractivity contribution < 1.29 is 14.3 Å². The Kier molecular flexibility index (Phi) is 7.18. The second-order valence-corrected chi connectivity index (χ2v) is 8.23. The first-order valence-corrected chi connectivity index (χ1v) is 10.5. The van der Waals surface area contributed by atoms with Gasteiger partial charge in [0.15, 0.2) is 0 Å². The minimum absolute atomic E-state index is 0.0946. The molecule has 2 aliphatic rings. The van der Waals surface area contributed by atoms with Crippen LogP contribution in [0.25, 0.3) is 0 Å².